The normalized spacial score (nSPS) is 27.2. The number of nitrogens with two attached hydrogens (primary N) is 1. The third-order valence-corrected chi connectivity index (χ3v) is 3.54. The van der Waals surface area contributed by atoms with E-state index in [1.54, 1.807) is 0 Å². The summed E-state index contributed by atoms with van der Waals surface area (Å²) < 4.78 is 4.72. The topological polar surface area (TPSA) is 68.2 Å². The van der Waals surface area contributed by atoms with Gasteiger partial charge >= 0.3 is 0 Å². The molecule has 1 aliphatic heterocycles. The van der Waals surface area contributed by atoms with E-state index < -0.39 is 0 Å². The second kappa shape index (κ2) is 4.93. The van der Waals surface area contributed by atoms with E-state index in [0.717, 1.165) is 31.0 Å². The van der Waals surface area contributed by atoms with Gasteiger partial charge in [-0.1, -0.05) is 10.3 Å². The minimum atomic E-state index is 0.596. The number of rotatable bonds is 3. The Balaban J connectivity index is 1.99. The summed E-state index contributed by atoms with van der Waals surface area (Å²) >= 11 is 0. The molecule has 2 heterocycles. The van der Waals surface area contributed by atoms with Gasteiger partial charge in [0.15, 0.2) is 0 Å². The Bertz CT molecular complexity index is 338. The van der Waals surface area contributed by atoms with Crippen molar-refractivity contribution in [3.05, 3.63) is 11.4 Å². The number of hydrogen-bond acceptors (Lipinski definition) is 5. The molecule has 90 valence electrons. The summed E-state index contributed by atoms with van der Waals surface area (Å²) in [5.74, 6) is 0.622. The maximum absolute atomic E-state index is 5.74. The van der Waals surface area contributed by atoms with Crippen molar-refractivity contribution in [1.29, 1.82) is 0 Å². The molecule has 16 heavy (non-hydrogen) atoms. The molecule has 2 unspecified atom stereocenters. The summed E-state index contributed by atoms with van der Waals surface area (Å²) in [6.45, 7) is 6.85. The van der Waals surface area contributed by atoms with Gasteiger partial charge in [-0.2, -0.15) is 0 Å². The lowest BCUT2D eigenvalue weighted by atomic mass is 9.93. The standard InChI is InChI=1S/C11H20N4O/c1-8-3-4-10(5-12)6-15(8)7-11-9(2)13-16-14-11/h8,10H,3-7,12H2,1-2H3. The average molecular weight is 224 g/mol. The van der Waals surface area contributed by atoms with E-state index in [4.69, 9.17) is 10.4 Å². The van der Waals surface area contributed by atoms with Crippen molar-refractivity contribution in [3.8, 4) is 0 Å². The van der Waals surface area contributed by atoms with E-state index in [1.165, 1.54) is 12.8 Å². The van der Waals surface area contributed by atoms with Crippen molar-refractivity contribution in [3.63, 3.8) is 0 Å². The van der Waals surface area contributed by atoms with Gasteiger partial charge in [0.1, 0.15) is 11.4 Å². The highest BCUT2D eigenvalue weighted by Gasteiger charge is 2.25. The second-order valence-electron chi connectivity index (χ2n) is 4.75. The fraction of sp³-hybridized carbons (Fsp3) is 0.818. The minimum absolute atomic E-state index is 0.596. The molecule has 0 bridgehead atoms. The quantitative estimate of drug-likeness (QED) is 0.827. The molecule has 2 atom stereocenters. The van der Waals surface area contributed by atoms with Crippen LogP contribution in [0.5, 0.6) is 0 Å². The molecule has 1 fully saturated rings. The Hall–Kier alpha value is -0.940. The molecule has 0 radical (unpaired) electrons. The van der Waals surface area contributed by atoms with Gasteiger partial charge in [0.2, 0.25) is 0 Å². The van der Waals surface area contributed by atoms with Gasteiger partial charge in [-0.3, -0.25) is 4.90 Å². The zero-order valence-corrected chi connectivity index (χ0v) is 10.0. The fourth-order valence-electron chi connectivity index (χ4n) is 2.26. The third kappa shape index (κ3) is 2.41. The van der Waals surface area contributed by atoms with Crippen LogP contribution in [0.2, 0.25) is 0 Å². The van der Waals surface area contributed by atoms with Crippen LogP contribution < -0.4 is 5.73 Å². The molecule has 0 aromatic carbocycles. The summed E-state index contributed by atoms with van der Waals surface area (Å²) in [4.78, 5) is 2.42. The fourth-order valence-corrected chi connectivity index (χ4v) is 2.26. The maximum Gasteiger partial charge on any atom is 0.122 e. The Kier molecular flexibility index (Phi) is 3.56. The Morgan fingerprint density at radius 3 is 2.88 bits per heavy atom. The summed E-state index contributed by atoms with van der Waals surface area (Å²) in [6.07, 6.45) is 2.45. The summed E-state index contributed by atoms with van der Waals surface area (Å²) in [5, 5.41) is 7.75. The molecule has 2 N–H and O–H groups in total. The molecule has 2 rings (SSSR count). The highest BCUT2D eigenvalue weighted by Crippen LogP contribution is 2.22. The number of likely N-dealkylation sites (tertiary alicyclic amines) is 1. The van der Waals surface area contributed by atoms with Crippen molar-refractivity contribution < 1.29 is 4.63 Å². The van der Waals surface area contributed by atoms with Crippen molar-refractivity contribution in [2.24, 2.45) is 11.7 Å². The van der Waals surface area contributed by atoms with E-state index >= 15 is 0 Å². The maximum atomic E-state index is 5.74. The highest BCUT2D eigenvalue weighted by molar-refractivity contribution is 5.04. The predicted molar refractivity (Wildman–Crippen MR) is 60.7 cm³/mol. The van der Waals surface area contributed by atoms with E-state index in [0.29, 0.717) is 12.0 Å². The molecule has 0 aliphatic carbocycles. The summed E-state index contributed by atoms with van der Waals surface area (Å²) in [5.41, 5.74) is 7.58. The van der Waals surface area contributed by atoms with Crippen LogP contribution in [0, 0.1) is 12.8 Å². The number of aryl methyl sites for hydroxylation is 1. The molecule has 5 heteroatoms. The van der Waals surface area contributed by atoms with Crippen LogP contribution in [-0.4, -0.2) is 34.3 Å². The van der Waals surface area contributed by atoms with Gasteiger partial charge in [0.05, 0.1) is 0 Å². The Morgan fingerprint density at radius 2 is 2.25 bits per heavy atom. The van der Waals surface area contributed by atoms with Crippen molar-refractivity contribution in [1.82, 2.24) is 15.2 Å². The van der Waals surface area contributed by atoms with Crippen molar-refractivity contribution in [2.75, 3.05) is 13.1 Å². The smallest absolute Gasteiger partial charge is 0.122 e. The molecular formula is C11H20N4O. The number of piperidine rings is 1. The molecule has 1 saturated heterocycles. The lowest BCUT2D eigenvalue weighted by Crippen LogP contribution is -2.43. The molecule has 0 amide bonds. The van der Waals surface area contributed by atoms with Crippen LogP contribution >= 0.6 is 0 Å². The number of hydrogen-bond donors (Lipinski definition) is 1. The summed E-state index contributed by atoms with van der Waals surface area (Å²) in [7, 11) is 0. The van der Waals surface area contributed by atoms with E-state index in [-0.39, 0.29) is 0 Å². The molecular weight excluding hydrogens is 204 g/mol. The first kappa shape index (κ1) is 11.5. The average Bonchev–Trinajstić information content (AvgIpc) is 2.68. The second-order valence-corrected chi connectivity index (χ2v) is 4.75. The monoisotopic (exact) mass is 224 g/mol. The van der Waals surface area contributed by atoms with Gasteiger partial charge in [0, 0.05) is 19.1 Å². The van der Waals surface area contributed by atoms with Gasteiger partial charge in [-0.25, -0.2) is 4.63 Å². The van der Waals surface area contributed by atoms with Crippen LogP contribution in [0.25, 0.3) is 0 Å². The van der Waals surface area contributed by atoms with Crippen LogP contribution in [-0.2, 0) is 6.54 Å². The zero-order valence-electron chi connectivity index (χ0n) is 10.0. The van der Waals surface area contributed by atoms with Crippen LogP contribution in [0.1, 0.15) is 31.2 Å². The van der Waals surface area contributed by atoms with Crippen LogP contribution in [0.4, 0.5) is 0 Å². The third-order valence-electron chi connectivity index (χ3n) is 3.54. The molecule has 1 aliphatic rings. The lowest BCUT2D eigenvalue weighted by molar-refractivity contribution is 0.110. The van der Waals surface area contributed by atoms with Gasteiger partial charge in [-0.15, -0.1) is 0 Å². The summed E-state index contributed by atoms with van der Waals surface area (Å²) in [6, 6.07) is 0.596. The highest BCUT2D eigenvalue weighted by atomic mass is 16.6. The first-order valence-corrected chi connectivity index (χ1v) is 5.93. The van der Waals surface area contributed by atoms with E-state index in [2.05, 4.69) is 22.1 Å². The lowest BCUT2D eigenvalue weighted by Gasteiger charge is -2.37. The Labute approximate surface area is 95.9 Å². The van der Waals surface area contributed by atoms with Gasteiger partial charge in [-0.05, 0) is 39.2 Å². The van der Waals surface area contributed by atoms with Crippen molar-refractivity contribution in [2.45, 2.75) is 39.3 Å². The first-order valence-electron chi connectivity index (χ1n) is 5.93. The van der Waals surface area contributed by atoms with Crippen LogP contribution in [0.3, 0.4) is 0 Å². The number of aromatic nitrogens is 2. The minimum Gasteiger partial charge on any atom is -0.330 e. The van der Waals surface area contributed by atoms with Gasteiger partial charge < -0.3 is 5.73 Å². The molecule has 5 nitrogen and oxygen atoms in total. The number of nitrogens with zero attached hydrogens (tertiary/aromatic N) is 3. The molecule has 1 aromatic heterocycles. The van der Waals surface area contributed by atoms with E-state index in [9.17, 15) is 0 Å². The first-order chi connectivity index (χ1) is 7.70. The molecule has 0 saturated carbocycles. The molecule has 0 spiro atoms. The predicted octanol–water partition coefficient (Wildman–Crippen LogP) is 0.937. The SMILES string of the molecule is Cc1nonc1CN1CC(CN)CCC1C. The van der Waals surface area contributed by atoms with Gasteiger partial charge in [0.25, 0.3) is 0 Å². The zero-order chi connectivity index (χ0) is 11.5. The van der Waals surface area contributed by atoms with E-state index in [1.807, 2.05) is 6.92 Å². The van der Waals surface area contributed by atoms with Crippen molar-refractivity contribution >= 4 is 0 Å². The van der Waals surface area contributed by atoms with Crippen LogP contribution in [0.15, 0.2) is 4.63 Å². The largest absolute Gasteiger partial charge is 0.330 e. The molecule has 1 aromatic rings. The Morgan fingerprint density at radius 1 is 1.44 bits per heavy atom.